The van der Waals surface area contributed by atoms with Crippen LogP contribution in [0.25, 0.3) is 0 Å². The molecule has 1 saturated heterocycles. The van der Waals surface area contributed by atoms with Crippen molar-refractivity contribution in [3.63, 3.8) is 0 Å². The smallest absolute Gasteiger partial charge is 0.255 e. The van der Waals surface area contributed by atoms with Crippen LogP contribution in [0.5, 0.6) is 0 Å². The lowest BCUT2D eigenvalue weighted by Crippen LogP contribution is -2.47. The number of aromatic nitrogens is 2. The van der Waals surface area contributed by atoms with E-state index in [1.165, 1.54) is 5.56 Å². The van der Waals surface area contributed by atoms with Gasteiger partial charge in [-0.1, -0.05) is 43.7 Å². The molecule has 6 nitrogen and oxygen atoms in total. The molecule has 0 atom stereocenters. The van der Waals surface area contributed by atoms with E-state index in [9.17, 15) is 4.79 Å². The van der Waals surface area contributed by atoms with Gasteiger partial charge in [-0.25, -0.2) is 4.98 Å². The minimum Gasteiger partial charge on any atom is -0.378 e. The second-order valence-corrected chi connectivity index (χ2v) is 6.75. The van der Waals surface area contributed by atoms with Crippen molar-refractivity contribution in [2.45, 2.75) is 32.9 Å². The number of nitrogens with one attached hydrogen (secondary N) is 1. The number of ether oxygens (including phenoxy) is 1. The van der Waals surface area contributed by atoms with Crippen LogP contribution in [0.2, 0.25) is 0 Å². The van der Waals surface area contributed by atoms with Gasteiger partial charge in [0.2, 0.25) is 5.95 Å². The van der Waals surface area contributed by atoms with Crippen LogP contribution in [0.4, 0.5) is 5.95 Å². The Hall–Kier alpha value is -2.18. The average Bonchev–Trinajstić information content (AvgIpc) is 2.66. The summed E-state index contributed by atoms with van der Waals surface area (Å²) in [4.78, 5) is 24.8. The molecule has 0 aliphatic carbocycles. The van der Waals surface area contributed by atoms with Gasteiger partial charge >= 0.3 is 0 Å². The van der Waals surface area contributed by atoms with E-state index in [1.54, 1.807) is 7.11 Å². The summed E-state index contributed by atoms with van der Waals surface area (Å²) in [5.41, 5.74) is 2.81. The first-order valence-electron chi connectivity index (χ1n) is 9.33. The number of nitrogens with zero attached hydrogens (tertiary/aromatic N) is 3. The molecule has 0 saturated carbocycles. The van der Waals surface area contributed by atoms with Gasteiger partial charge in [-0.2, -0.15) is 0 Å². The molecule has 0 amide bonds. The summed E-state index contributed by atoms with van der Waals surface area (Å²) >= 11 is 0. The van der Waals surface area contributed by atoms with Crippen molar-refractivity contribution in [1.29, 1.82) is 0 Å². The highest BCUT2D eigenvalue weighted by Gasteiger charge is 2.20. The second-order valence-electron chi connectivity index (χ2n) is 6.75. The van der Waals surface area contributed by atoms with Crippen molar-refractivity contribution in [2.75, 3.05) is 38.2 Å². The van der Waals surface area contributed by atoms with Crippen molar-refractivity contribution in [3.8, 4) is 0 Å². The highest BCUT2D eigenvalue weighted by Crippen LogP contribution is 2.15. The predicted molar refractivity (Wildman–Crippen MR) is 103 cm³/mol. The molecule has 0 spiro atoms. The molecule has 2 heterocycles. The number of aromatic amines is 1. The van der Waals surface area contributed by atoms with E-state index in [2.05, 4.69) is 46.0 Å². The van der Waals surface area contributed by atoms with E-state index in [0.717, 1.165) is 56.8 Å². The van der Waals surface area contributed by atoms with E-state index in [1.807, 2.05) is 6.07 Å². The van der Waals surface area contributed by atoms with Gasteiger partial charge in [-0.15, -0.1) is 0 Å². The van der Waals surface area contributed by atoms with Crippen LogP contribution in [0.15, 0.2) is 35.1 Å². The number of methoxy groups -OCH3 is 1. The molecule has 1 aliphatic rings. The lowest BCUT2D eigenvalue weighted by atomic mass is 10.1. The Bertz CT molecular complexity index is 752. The zero-order valence-corrected chi connectivity index (χ0v) is 15.7. The Morgan fingerprint density at radius 2 is 1.88 bits per heavy atom. The molecule has 26 heavy (non-hydrogen) atoms. The van der Waals surface area contributed by atoms with E-state index in [-0.39, 0.29) is 5.56 Å². The summed E-state index contributed by atoms with van der Waals surface area (Å²) in [6.07, 6.45) is 1.64. The third-order valence-corrected chi connectivity index (χ3v) is 4.79. The predicted octanol–water partition coefficient (Wildman–Crippen LogP) is 2.19. The van der Waals surface area contributed by atoms with Gasteiger partial charge in [0.15, 0.2) is 0 Å². The number of piperazine rings is 1. The topological polar surface area (TPSA) is 61.5 Å². The van der Waals surface area contributed by atoms with Crippen LogP contribution in [-0.4, -0.2) is 48.2 Å². The molecule has 1 fully saturated rings. The number of anilines is 1. The zero-order valence-electron chi connectivity index (χ0n) is 15.7. The molecular weight excluding hydrogens is 328 g/mol. The molecule has 3 rings (SSSR count). The Labute approximate surface area is 154 Å². The van der Waals surface area contributed by atoms with Crippen LogP contribution in [0, 0.1) is 0 Å². The standard InChI is InChI=1S/C20H28N4O2/c1-3-7-17-18(15-26-2)21-20(22-19(17)25)24-12-10-23(11-13-24)14-16-8-5-4-6-9-16/h4-6,8-9H,3,7,10-15H2,1-2H3,(H,21,22,25). The summed E-state index contributed by atoms with van der Waals surface area (Å²) in [6.45, 7) is 7.02. The summed E-state index contributed by atoms with van der Waals surface area (Å²) in [5, 5.41) is 0. The van der Waals surface area contributed by atoms with Crippen LogP contribution in [-0.2, 0) is 24.3 Å². The van der Waals surface area contributed by atoms with Crippen LogP contribution in [0.1, 0.15) is 30.2 Å². The maximum Gasteiger partial charge on any atom is 0.255 e. The Balaban J connectivity index is 1.68. The lowest BCUT2D eigenvalue weighted by molar-refractivity contribution is 0.180. The summed E-state index contributed by atoms with van der Waals surface area (Å²) in [7, 11) is 1.64. The number of hydrogen-bond acceptors (Lipinski definition) is 5. The molecule has 6 heteroatoms. The lowest BCUT2D eigenvalue weighted by Gasteiger charge is -2.35. The number of benzene rings is 1. The van der Waals surface area contributed by atoms with Crippen LogP contribution < -0.4 is 10.5 Å². The number of hydrogen-bond donors (Lipinski definition) is 1. The van der Waals surface area contributed by atoms with E-state index < -0.39 is 0 Å². The molecular formula is C20H28N4O2. The molecule has 0 radical (unpaired) electrons. The normalized spacial score (nSPS) is 15.4. The zero-order chi connectivity index (χ0) is 18.4. The number of rotatable bonds is 7. The molecule has 0 unspecified atom stereocenters. The quantitative estimate of drug-likeness (QED) is 0.824. The minimum absolute atomic E-state index is 0.0318. The fourth-order valence-corrected chi connectivity index (χ4v) is 3.40. The van der Waals surface area contributed by atoms with Gasteiger partial charge in [0.25, 0.3) is 5.56 Å². The molecule has 1 aromatic heterocycles. The summed E-state index contributed by atoms with van der Waals surface area (Å²) < 4.78 is 5.25. The first-order valence-corrected chi connectivity index (χ1v) is 9.33. The Kier molecular flexibility index (Phi) is 6.41. The fourth-order valence-electron chi connectivity index (χ4n) is 3.40. The maximum atomic E-state index is 12.5. The average molecular weight is 356 g/mol. The Morgan fingerprint density at radius 3 is 2.54 bits per heavy atom. The Morgan fingerprint density at radius 1 is 1.15 bits per heavy atom. The van der Waals surface area contributed by atoms with Crippen molar-refractivity contribution >= 4 is 5.95 Å². The van der Waals surface area contributed by atoms with Crippen molar-refractivity contribution in [3.05, 3.63) is 57.5 Å². The van der Waals surface area contributed by atoms with Gasteiger partial charge in [0.05, 0.1) is 12.3 Å². The van der Waals surface area contributed by atoms with E-state index >= 15 is 0 Å². The SMILES string of the molecule is CCCc1c(COC)nc(N2CCN(Cc3ccccc3)CC2)[nH]c1=O. The van der Waals surface area contributed by atoms with Crippen molar-refractivity contribution < 1.29 is 4.74 Å². The minimum atomic E-state index is -0.0318. The largest absolute Gasteiger partial charge is 0.378 e. The van der Waals surface area contributed by atoms with Crippen LogP contribution >= 0.6 is 0 Å². The third kappa shape index (κ3) is 4.51. The fraction of sp³-hybridized carbons (Fsp3) is 0.500. The molecule has 1 N–H and O–H groups in total. The second kappa shape index (κ2) is 8.96. The first-order chi connectivity index (χ1) is 12.7. The van der Waals surface area contributed by atoms with E-state index in [0.29, 0.717) is 12.6 Å². The molecule has 140 valence electrons. The van der Waals surface area contributed by atoms with E-state index in [4.69, 9.17) is 9.72 Å². The van der Waals surface area contributed by atoms with Crippen LogP contribution in [0.3, 0.4) is 0 Å². The van der Waals surface area contributed by atoms with Gasteiger partial charge in [0.1, 0.15) is 0 Å². The van der Waals surface area contributed by atoms with Gasteiger partial charge < -0.3 is 9.64 Å². The third-order valence-electron chi connectivity index (χ3n) is 4.79. The highest BCUT2D eigenvalue weighted by molar-refractivity contribution is 5.34. The first kappa shape index (κ1) is 18.6. The summed E-state index contributed by atoms with van der Waals surface area (Å²) in [5.74, 6) is 0.668. The monoisotopic (exact) mass is 356 g/mol. The molecule has 0 bridgehead atoms. The molecule has 2 aromatic rings. The molecule has 1 aromatic carbocycles. The van der Waals surface area contributed by atoms with Gasteiger partial charge in [0, 0.05) is 45.4 Å². The number of H-pyrrole nitrogens is 1. The highest BCUT2D eigenvalue weighted by atomic mass is 16.5. The van der Waals surface area contributed by atoms with Crippen molar-refractivity contribution in [1.82, 2.24) is 14.9 Å². The van der Waals surface area contributed by atoms with Gasteiger partial charge in [-0.3, -0.25) is 14.7 Å². The summed E-state index contributed by atoms with van der Waals surface area (Å²) in [6, 6.07) is 10.5. The maximum absolute atomic E-state index is 12.5. The molecule has 1 aliphatic heterocycles. The van der Waals surface area contributed by atoms with Gasteiger partial charge in [-0.05, 0) is 12.0 Å². The van der Waals surface area contributed by atoms with Crippen molar-refractivity contribution in [2.24, 2.45) is 0 Å².